The first kappa shape index (κ1) is 18.3. The Morgan fingerprint density at radius 3 is 2.36 bits per heavy atom. The minimum Gasteiger partial charge on any atom is -0.332 e. The zero-order chi connectivity index (χ0) is 16.3. The molecule has 4 nitrogen and oxygen atoms in total. The summed E-state index contributed by atoms with van der Waals surface area (Å²) in [6, 6.07) is 7.15. The van der Waals surface area contributed by atoms with E-state index in [1.807, 2.05) is 18.0 Å². The molecule has 0 unspecified atom stereocenters. The van der Waals surface area contributed by atoms with Crippen molar-refractivity contribution >= 4 is 56.6 Å². The van der Waals surface area contributed by atoms with E-state index >= 15 is 0 Å². The number of benzene rings is 1. The van der Waals surface area contributed by atoms with Gasteiger partial charge in [0.1, 0.15) is 6.17 Å². The van der Waals surface area contributed by atoms with Crippen LogP contribution in [0.2, 0.25) is 0 Å². The maximum Gasteiger partial charge on any atom is 0.253 e. The Balaban J connectivity index is 2.14. The highest BCUT2D eigenvalue weighted by Gasteiger charge is 2.39. The number of likely N-dealkylation sites (N-methyl/N-ethyl adjacent to an activating group) is 1. The molecule has 1 aliphatic heterocycles. The van der Waals surface area contributed by atoms with Crippen molar-refractivity contribution < 1.29 is 4.79 Å². The number of nitrogens with zero attached hydrogens (tertiary/aromatic N) is 2. The average molecular weight is 430 g/mol. The van der Waals surface area contributed by atoms with E-state index < -0.39 is 9.96 Å². The Morgan fingerprint density at radius 2 is 1.82 bits per heavy atom. The van der Waals surface area contributed by atoms with E-state index in [-0.39, 0.29) is 5.91 Å². The molecule has 2 rings (SSSR count). The smallest absolute Gasteiger partial charge is 0.253 e. The molecule has 22 heavy (non-hydrogen) atoms. The Hall–Kier alpha value is -0.0400. The highest BCUT2D eigenvalue weighted by molar-refractivity contribution is 9.10. The van der Waals surface area contributed by atoms with Crippen molar-refractivity contribution in [2.24, 2.45) is 0 Å². The molecule has 1 aromatic rings. The van der Waals surface area contributed by atoms with Crippen molar-refractivity contribution in [1.29, 1.82) is 0 Å². The lowest BCUT2D eigenvalue weighted by molar-refractivity contribution is 0.0729. The zero-order valence-electron chi connectivity index (χ0n) is 12.0. The quantitative estimate of drug-likeness (QED) is 0.750. The monoisotopic (exact) mass is 427 g/mol. The van der Waals surface area contributed by atoms with E-state index in [0.29, 0.717) is 10.0 Å². The first-order chi connectivity index (χ1) is 10.3. The summed E-state index contributed by atoms with van der Waals surface area (Å²) in [7, 11) is 2.04. The maximum atomic E-state index is 12.5. The number of alkyl halides is 3. The number of carbonyl (C=O) groups excluding carboxylic acids is 1. The molecule has 8 heteroatoms. The fourth-order valence-corrected chi connectivity index (χ4v) is 3.35. The van der Waals surface area contributed by atoms with E-state index in [4.69, 9.17) is 34.8 Å². The fraction of sp³-hybridized carbons (Fsp3) is 0.500. The van der Waals surface area contributed by atoms with Gasteiger partial charge in [-0.15, -0.1) is 0 Å². The van der Waals surface area contributed by atoms with E-state index in [1.165, 1.54) is 0 Å². The number of hydrogen-bond donors (Lipinski definition) is 1. The van der Waals surface area contributed by atoms with Crippen LogP contribution in [0, 0.1) is 0 Å². The normalized spacial score (nSPS) is 19.0. The molecule has 0 radical (unpaired) electrons. The van der Waals surface area contributed by atoms with Crippen molar-refractivity contribution in [2.75, 3.05) is 33.2 Å². The summed E-state index contributed by atoms with van der Waals surface area (Å²) in [5.41, 5.74) is 0.510. The second kappa shape index (κ2) is 7.69. The minimum atomic E-state index is -1.60. The Morgan fingerprint density at radius 1 is 1.23 bits per heavy atom. The highest BCUT2D eigenvalue weighted by Crippen LogP contribution is 2.33. The fourth-order valence-electron chi connectivity index (χ4n) is 2.31. The van der Waals surface area contributed by atoms with Gasteiger partial charge in [-0.2, -0.15) is 0 Å². The number of hydrogen-bond acceptors (Lipinski definition) is 3. The van der Waals surface area contributed by atoms with Crippen LogP contribution in [-0.4, -0.2) is 58.9 Å². The topological polar surface area (TPSA) is 35.6 Å². The molecule has 1 aliphatic rings. The van der Waals surface area contributed by atoms with Crippen molar-refractivity contribution in [2.45, 2.75) is 9.96 Å². The summed E-state index contributed by atoms with van der Waals surface area (Å²) in [5.74, 6) is -0.275. The summed E-state index contributed by atoms with van der Waals surface area (Å²) >= 11 is 21.6. The van der Waals surface area contributed by atoms with Gasteiger partial charge in [0.15, 0.2) is 0 Å². The minimum absolute atomic E-state index is 0.275. The molecule has 1 heterocycles. The molecule has 1 aromatic carbocycles. The molecule has 0 bridgehead atoms. The van der Waals surface area contributed by atoms with Gasteiger partial charge < -0.3 is 10.2 Å². The molecule has 1 saturated heterocycles. The van der Waals surface area contributed by atoms with Crippen LogP contribution in [0.15, 0.2) is 28.7 Å². The van der Waals surface area contributed by atoms with Crippen molar-refractivity contribution in [3.8, 4) is 0 Å². The molecule has 1 N–H and O–H groups in total. The highest BCUT2D eigenvalue weighted by atomic mass is 79.9. The van der Waals surface area contributed by atoms with Crippen LogP contribution in [0.3, 0.4) is 0 Å². The van der Waals surface area contributed by atoms with Gasteiger partial charge in [0.2, 0.25) is 3.79 Å². The largest absolute Gasteiger partial charge is 0.332 e. The van der Waals surface area contributed by atoms with Crippen LogP contribution >= 0.6 is 50.7 Å². The van der Waals surface area contributed by atoms with E-state index in [9.17, 15) is 4.79 Å². The lowest BCUT2D eigenvalue weighted by Crippen LogP contribution is -2.60. The third-order valence-electron chi connectivity index (χ3n) is 3.60. The SMILES string of the molecule is CN1CCN([C@H](NC(=O)c2ccccc2Br)C(Cl)(Cl)Cl)CC1. The van der Waals surface area contributed by atoms with Crippen molar-refractivity contribution in [3.05, 3.63) is 34.3 Å². The number of halogens is 4. The molecular formula is C14H17BrCl3N3O. The van der Waals surface area contributed by atoms with Gasteiger partial charge in [0, 0.05) is 30.7 Å². The summed E-state index contributed by atoms with van der Waals surface area (Å²) in [6.07, 6.45) is -0.675. The number of rotatable bonds is 3. The van der Waals surface area contributed by atoms with Gasteiger partial charge in [0.05, 0.1) is 5.56 Å². The van der Waals surface area contributed by atoms with Crippen LogP contribution in [0.5, 0.6) is 0 Å². The molecule has 122 valence electrons. The summed E-state index contributed by atoms with van der Waals surface area (Å²) in [5, 5.41) is 2.84. The van der Waals surface area contributed by atoms with Gasteiger partial charge in [-0.05, 0) is 35.1 Å². The Kier molecular flexibility index (Phi) is 6.39. The molecule has 1 atom stereocenters. The summed E-state index contributed by atoms with van der Waals surface area (Å²) in [6.45, 7) is 3.18. The summed E-state index contributed by atoms with van der Waals surface area (Å²) < 4.78 is -0.902. The van der Waals surface area contributed by atoms with Gasteiger partial charge in [-0.1, -0.05) is 46.9 Å². The zero-order valence-corrected chi connectivity index (χ0v) is 15.9. The van der Waals surface area contributed by atoms with E-state index in [0.717, 1.165) is 26.2 Å². The third-order valence-corrected chi connectivity index (χ3v) is 4.91. The second-order valence-corrected chi connectivity index (χ2v) is 8.46. The first-order valence-corrected chi connectivity index (χ1v) is 8.76. The van der Waals surface area contributed by atoms with Crippen molar-refractivity contribution in [1.82, 2.24) is 15.1 Å². The number of nitrogens with one attached hydrogen (secondary N) is 1. The van der Waals surface area contributed by atoms with Crippen LogP contribution in [0.25, 0.3) is 0 Å². The van der Waals surface area contributed by atoms with E-state index in [1.54, 1.807) is 18.2 Å². The Labute approximate surface area is 153 Å². The predicted molar refractivity (Wildman–Crippen MR) is 94.8 cm³/mol. The molecule has 1 amide bonds. The first-order valence-electron chi connectivity index (χ1n) is 6.84. The Bertz CT molecular complexity index is 530. The molecule has 0 saturated carbocycles. The standard InChI is InChI=1S/C14H17BrCl3N3O/c1-20-6-8-21(9-7-20)13(14(16,17)18)19-12(22)10-4-2-3-5-11(10)15/h2-5,13H,6-9H2,1H3,(H,19,22)/t13-/m0/s1. The van der Waals surface area contributed by atoms with Crippen LogP contribution < -0.4 is 5.32 Å². The molecule has 0 aromatic heterocycles. The maximum absolute atomic E-state index is 12.5. The van der Waals surface area contributed by atoms with Crippen LogP contribution in [0.4, 0.5) is 0 Å². The molecular weight excluding hydrogens is 412 g/mol. The predicted octanol–water partition coefficient (Wildman–Crippen LogP) is 3.12. The number of amides is 1. The third kappa shape index (κ3) is 4.73. The van der Waals surface area contributed by atoms with Gasteiger partial charge in [-0.25, -0.2) is 0 Å². The van der Waals surface area contributed by atoms with Gasteiger partial charge in [-0.3, -0.25) is 9.69 Å². The van der Waals surface area contributed by atoms with Crippen LogP contribution in [-0.2, 0) is 0 Å². The van der Waals surface area contributed by atoms with Gasteiger partial charge >= 0.3 is 0 Å². The number of carbonyl (C=O) groups is 1. The van der Waals surface area contributed by atoms with E-state index in [2.05, 4.69) is 26.1 Å². The molecule has 0 spiro atoms. The number of piperazine rings is 1. The van der Waals surface area contributed by atoms with Gasteiger partial charge in [0.25, 0.3) is 5.91 Å². The molecule has 1 fully saturated rings. The lowest BCUT2D eigenvalue weighted by Gasteiger charge is -2.40. The summed E-state index contributed by atoms with van der Waals surface area (Å²) in [4.78, 5) is 16.7. The molecule has 0 aliphatic carbocycles. The van der Waals surface area contributed by atoms with Crippen molar-refractivity contribution in [3.63, 3.8) is 0 Å². The lowest BCUT2D eigenvalue weighted by atomic mass is 10.2. The van der Waals surface area contributed by atoms with Crippen LogP contribution in [0.1, 0.15) is 10.4 Å². The second-order valence-electron chi connectivity index (χ2n) is 5.24. The average Bonchev–Trinajstić information content (AvgIpc) is 2.45.